The van der Waals surface area contributed by atoms with Gasteiger partial charge < -0.3 is 20.6 Å². The van der Waals surface area contributed by atoms with Crippen LogP contribution in [0.3, 0.4) is 0 Å². The number of hydrogen-bond acceptors (Lipinski definition) is 4. The van der Waals surface area contributed by atoms with Gasteiger partial charge in [-0.25, -0.2) is 0 Å². The van der Waals surface area contributed by atoms with Gasteiger partial charge in [-0.15, -0.1) is 0 Å². The molecule has 0 heterocycles. The van der Waals surface area contributed by atoms with Crippen LogP contribution in [0.2, 0.25) is 0 Å². The molecule has 2 aromatic rings. The van der Waals surface area contributed by atoms with Crippen molar-refractivity contribution in [1.29, 1.82) is 0 Å². The monoisotopic (exact) mass is 341 g/mol. The summed E-state index contributed by atoms with van der Waals surface area (Å²) in [5, 5.41) is 14.9. The molecule has 0 unspecified atom stereocenters. The van der Waals surface area contributed by atoms with Crippen LogP contribution in [0.25, 0.3) is 0 Å². The average Bonchev–Trinajstić information content (AvgIpc) is 2.61. The van der Waals surface area contributed by atoms with Crippen LogP contribution in [0.1, 0.15) is 5.56 Å². The van der Waals surface area contributed by atoms with E-state index in [4.69, 9.17) is 0 Å². The number of amides is 2. The van der Waals surface area contributed by atoms with Crippen LogP contribution in [0.5, 0.6) is 0 Å². The number of carbonyl (C=O) groups is 2. The van der Waals surface area contributed by atoms with E-state index in [0.29, 0.717) is 12.1 Å². The van der Waals surface area contributed by atoms with Gasteiger partial charge in [0.05, 0.1) is 6.10 Å². The Morgan fingerprint density at radius 1 is 1.00 bits per heavy atom. The summed E-state index contributed by atoms with van der Waals surface area (Å²) in [5.74, 6) is -1.53. The van der Waals surface area contributed by atoms with Crippen molar-refractivity contribution >= 4 is 23.2 Å². The Balaban J connectivity index is 1.78. The average molecular weight is 341 g/mol. The fourth-order valence-electron chi connectivity index (χ4n) is 2.28. The van der Waals surface area contributed by atoms with Gasteiger partial charge in [0, 0.05) is 38.4 Å². The minimum atomic E-state index is -0.774. The van der Waals surface area contributed by atoms with Gasteiger partial charge in [0.2, 0.25) is 0 Å². The van der Waals surface area contributed by atoms with Crippen LogP contribution in [0.15, 0.2) is 54.6 Å². The number of rotatable bonds is 6. The van der Waals surface area contributed by atoms with Gasteiger partial charge in [-0.2, -0.15) is 0 Å². The molecule has 3 N–H and O–H groups in total. The number of aliphatic hydroxyl groups is 1. The molecule has 1 atom stereocenters. The summed E-state index contributed by atoms with van der Waals surface area (Å²) >= 11 is 0. The second kappa shape index (κ2) is 8.84. The van der Waals surface area contributed by atoms with Crippen molar-refractivity contribution in [1.82, 2.24) is 5.32 Å². The number of nitrogens with zero attached hydrogens (tertiary/aromatic N) is 1. The lowest BCUT2D eigenvalue weighted by Gasteiger charge is -2.13. The molecule has 0 bridgehead atoms. The first kappa shape index (κ1) is 18.5. The van der Waals surface area contributed by atoms with Crippen molar-refractivity contribution in [3.8, 4) is 0 Å². The van der Waals surface area contributed by atoms with Crippen LogP contribution in [0, 0.1) is 0 Å². The highest BCUT2D eigenvalue weighted by molar-refractivity contribution is 6.39. The van der Waals surface area contributed by atoms with Gasteiger partial charge in [0.1, 0.15) is 0 Å². The quantitative estimate of drug-likeness (QED) is 0.694. The van der Waals surface area contributed by atoms with Crippen LogP contribution in [-0.4, -0.2) is 43.7 Å². The van der Waals surface area contributed by atoms with Crippen LogP contribution in [0.4, 0.5) is 11.4 Å². The normalized spacial score (nSPS) is 11.5. The second-order valence-electron chi connectivity index (χ2n) is 5.95. The number of benzene rings is 2. The van der Waals surface area contributed by atoms with Gasteiger partial charge >= 0.3 is 11.8 Å². The van der Waals surface area contributed by atoms with Crippen LogP contribution in [-0.2, 0) is 16.0 Å². The summed E-state index contributed by atoms with van der Waals surface area (Å²) in [6.45, 7) is 0.0146. The van der Waals surface area contributed by atoms with Gasteiger partial charge in [-0.05, 0) is 29.8 Å². The zero-order valence-corrected chi connectivity index (χ0v) is 14.4. The van der Waals surface area contributed by atoms with Crippen molar-refractivity contribution in [3.05, 3.63) is 60.2 Å². The molecule has 0 spiro atoms. The Hall–Kier alpha value is -2.86. The van der Waals surface area contributed by atoms with E-state index < -0.39 is 17.9 Å². The highest BCUT2D eigenvalue weighted by atomic mass is 16.3. The maximum atomic E-state index is 11.9. The maximum absolute atomic E-state index is 11.9. The minimum absolute atomic E-state index is 0.0146. The van der Waals surface area contributed by atoms with Gasteiger partial charge in [0.15, 0.2) is 0 Å². The fourth-order valence-corrected chi connectivity index (χ4v) is 2.28. The summed E-state index contributed by atoms with van der Waals surface area (Å²) in [5.41, 5.74) is 2.50. The van der Waals surface area contributed by atoms with Crippen molar-refractivity contribution in [2.24, 2.45) is 0 Å². The fraction of sp³-hybridized carbons (Fsp3) is 0.263. The van der Waals surface area contributed by atoms with Gasteiger partial charge in [0.25, 0.3) is 0 Å². The molecule has 2 rings (SSSR count). The molecular formula is C19H23N3O3. The minimum Gasteiger partial charge on any atom is -0.391 e. The molecule has 0 aliphatic rings. The Kier molecular flexibility index (Phi) is 6.54. The number of nitrogens with one attached hydrogen (secondary N) is 2. The van der Waals surface area contributed by atoms with E-state index in [2.05, 4.69) is 10.6 Å². The van der Waals surface area contributed by atoms with Gasteiger partial charge in [-0.3, -0.25) is 9.59 Å². The van der Waals surface area contributed by atoms with Crippen molar-refractivity contribution in [2.75, 3.05) is 30.9 Å². The van der Waals surface area contributed by atoms with E-state index in [1.807, 2.05) is 61.5 Å². The number of anilines is 2. The molecule has 0 aliphatic heterocycles. The van der Waals surface area contributed by atoms with E-state index in [1.165, 1.54) is 0 Å². The van der Waals surface area contributed by atoms with Crippen LogP contribution >= 0.6 is 0 Å². The Morgan fingerprint density at radius 3 is 2.24 bits per heavy atom. The number of carbonyl (C=O) groups excluding carboxylic acids is 2. The predicted octanol–water partition coefficient (Wildman–Crippen LogP) is 1.41. The summed E-state index contributed by atoms with van der Waals surface area (Å²) in [6, 6.07) is 16.6. The third-order valence-corrected chi connectivity index (χ3v) is 3.66. The number of hydrogen-bond donors (Lipinski definition) is 3. The molecule has 0 saturated carbocycles. The molecule has 132 valence electrons. The van der Waals surface area contributed by atoms with E-state index >= 15 is 0 Å². The predicted molar refractivity (Wildman–Crippen MR) is 98.6 cm³/mol. The number of aliphatic hydroxyl groups excluding tert-OH is 1. The summed E-state index contributed by atoms with van der Waals surface area (Å²) in [4.78, 5) is 25.7. The van der Waals surface area contributed by atoms with Crippen molar-refractivity contribution in [3.63, 3.8) is 0 Å². The molecule has 0 radical (unpaired) electrons. The molecule has 0 aliphatic carbocycles. The Bertz CT molecular complexity index is 700. The van der Waals surface area contributed by atoms with E-state index in [1.54, 1.807) is 12.1 Å². The van der Waals surface area contributed by atoms with E-state index in [9.17, 15) is 14.7 Å². The lowest BCUT2D eigenvalue weighted by atomic mass is 10.1. The third-order valence-electron chi connectivity index (χ3n) is 3.66. The molecule has 2 aromatic carbocycles. The van der Waals surface area contributed by atoms with E-state index in [0.717, 1.165) is 11.3 Å². The first-order valence-corrected chi connectivity index (χ1v) is 8.04. The molecule has 0 aromatic heterocycles. The highest BCUT2D eigenvalue weighted by Gasteiger charge is 2.15. The summed E-state index contributed by atoms with van der Waals surface area (Å²) < 4.78 is 0. The zero-order chi connectivity index (χ0) is 18.2. The zero-order valence-electron chi connectivity index (χ0n) is 14.4. The summed E-state index contributed by atoms with van der Waals surface area (Å²) in [7, 11) is 3.84. The van der Waals surface area contributed by atoms with Gasteiger partial charge in [-0.1, -0.05) is 30.3 Å². The first-order valence-electron chi connectivity index (χ1n) is 8.04. The molecule has 0 fully saturated rings. The lowest BCUT2D eigenvalue weighted by molar-refractivity contribution is -0.136. The smallest absolute Gasteiger partial charge is 0.313 e. The third kappa shape index (κ3) is 5.93. The van der Waals surface area contributed by atoms with Crippen molar-refractivity contribution < 1.29 is 14.7 Å². The Labute approximate surface area is 147 Å². The summed E-state index contributed by atoms with van der Waals surface area (Å²) in [6.07, 6.45) is -0.340. The largest absolute Gasteiger partial charge is 0.391 e. The standard InChI is InChI=1S/C19H23N3O3/c1-22(2)16-10-8-15(9-11-16)21-19(25)18(24)20-13-17(23)12-14-6-4-3-5-7-14/h3-11,17,23H,12-13H2,1-2H3,(H,20,24)(H,21,25)/t17-/m1/s1. The molecule has 6 nitrogen and oxygen atoms in total. The second-order valence-corrected chi connectivity index (χ2v) is 5.95. The molecule has 25 heavy (non-hydrogen) atoms. The first-order chi connectivity index (χ1) is 12.0. The SMILES string of the molecule is CN(C)c1ccc(NC(=O)C(=O)NC[C@H](O)Cc2ccccc2)cc1. The Morgan fingerprint density at radius 2 is 1.64 bits per heavy atom. The highest BCUT2D eigenvalue weighted by Crippen LogP contribution is 2.15. The topological polar surface area (TPSA) is 81.7 Å². The maximum Gasteiger partial charge on any atom is 0.313 e. The molecule has 6 heteroatoms. The molecular weight excluding hydrogens is 318 g/mol. The molecule has 2 amide bonds. The van der Waals surface area contributed by atoms with E-state index in [-0.39, 0.29) is 6.54 Å². The van der Waals surface area contributed by atoms with Crippen LogP contribution < -0.4 is 15.5 Å². The lowest BCUT2D eigenvalue weighted by Crippen LogP contribution is -2.40. The molecule has 0 saturated heterocycles. The van der Waals surface area contributed by atoms with Crippen molar-refractivity contribution in [2.45, 2.75) is 12.5 Å².